The molecular formula is C18H21N3OS. The number of hydrogen-bond acceptors (Lipinski definition) is 5. The van der Waals surface area contributed by atoms with Gasteiger partial charge in [-0.25, -0.2) is 4.98 Å². The van der Waals surface area contributed by atoms with Crippen molar-refractivity contribution in [2.24, 2.45) is 0 Å². The number of rotatable bonds is 3. The average Bonchev–Trinajstić information content (AvgIpc) is 2.97. The second-order valence-electron chi connectivity index (χ2n) is 6.76. The van der Waals surface area contributed by atoms with Gasteiger partial charge in [0.15, 0.2) is 5.82 Å². The van der Waals surface area contributed by atoms with Crippen LogP contribution in [0.5, 0.6) is 0 Å². The van der Waals surface area contributed by atoms with Crippen molar-refractivity contribution >= 4 is 22.7 Å². The highest BCUT2D eigenvalue weighted by Gasteiger charge is 2.23. The van der Waals surface area contributed by atoms with E-state index in [4.69, 9.17) is 9.51 Å². The Morgan fingerprint density at radius 3 is 2.57 bits per heavy atom. The lowest BCUT2D eigenvalue weighted by molar-refractivity contribution is 0.364. The summed E-state index contributed by atoms with van der Waals surface area (Å²) < 4.78 is 5.43. The van der Waals surface area contributed by atoms with Gasteiger partial charge in [-0.1, -0.05) is 55.9 Å². The molecule has 1 atom stereocenters. The summed E-state index contributed by atoms with van der Waals surface area (Å²) in [7, 11) is 0. The van der Waals surface area contributed by atoms with Gasteiger partial charge >= 0.3 is 0 Å². The Hall–Kier alpha value is -1.88. The zero-order chi connectivity index (χ0) is 16.6. The number of thioether (sulfide) groups is 1. The Labute approximate surface area is 140 Å². The highest BCUT2D eigenvalue weighted by atomic mass is 32.2. The largest absolute Gasteiger partial charge is 0.338 e. The zero-order valence-electron chi connectivity index (χ0n) is 14.1. The van der Waals surface area contributed by atoms with Crippen LogP contribution in [0.15, 0.2) is 39.9 Å². The molecule has 0 aliphatic heterocycles. The van der Waals surface area contributed by atoms with Gasteiger partial charge in [0.2, 0.25) is 5.89 Å². The fourth-order valence-corrected chi connectivity index (χ4v) is 3.27. The van der Waals surface area contributed by atoms with Crippen molar-refractivity contribution in [3.8, 4) is 0 Å². The second-order valence-corrected chi connectivity index (χ2v) is 8.12. The van der Waals surface area contributed by atoms with Crippen LogP contribution < -0.4 is 0 Å². The van der Waals surface area contributed by atoms with E-state index in [0.29, 0.717) is 5.89 Å². The molecule has 4 nitrogen and oxygen atoms in total. The standard InChI is InChI=1S/C18H21N3OS/c1-11-10-15(19-14-9-7-6-8-13(11)14)23-12(2)16-20-17(21-22-16)18(3,4)5/h6-10,12H,1-5H3. The van der Waals surface area contributed by atoms with Crippen LogP contribution in [0.2, 0.25) is 0 Å². The van der Waals surface area contributed by atoms with Crippen molar-refractivity contribution < 1.29 is 4.52 Å². The van der Waals surface area contributed by atoms with Crippen molar-refractivity contribution in [1.82, 2.24) is 15.1 Å². The van der Waals surface area contributed by atoms with E-state index in [-0.39, 0.29) is 10.7 Å². The van der Waals surface area contributed by atoms with Crippen LogP contribution in [0.25, 0.3) is 10.9 Å². The third-order valence-electron chi connectivity index (χ3n) is 3.66. The molecule has 0 aliphatic carbocycles. The van der Waals surface area contributed by atoms with Gasteiger partial charge in [-0.15, -0.1) is 0 Å². The molecule has 0 saturated heterocycles. The summed E-state index contributed by atoms with van der Waals surface area (Å²) in [6, 6.07) is 10.3. The van der Waals surface area contributed by atoms with Gasteiger partial charge in [-0.05, 0) is 31.5 Å². The summed E-state index contributed by atoms with van der Waals surface area (Å²) in [4.78, 5) is 9.27. The molecule has 3 aromatic rings. The molecule has 0 amide bonds. The lowest BCUT2D eigenvalue weighted by atomic mass is 9.96. The number of nitrogens with zero attached hydrogens (tertiary/aromatic N) is 3. The summed E-state index contributed by atoms with van der Waals surface area (Å²) in [5.74, 6) is 1.38. The smallest absolute Gasteiger partial charge is 0.239 e. The molecule has 2 heterocycles. The minimum Gasteiger partial charge on any atom is -0.338 e. The highest BCUT2D eigenvalue weighted by Crippen LogP contribution is 2.35. The first-order chi connectivity index (χ1) is 10.8. The molecule has 120 valence electrons. The average molecular weight is 327 g/mol. The Morgan fingerprint density at radius 2 is 1.87 bits per heavy atom. The quantitative estimate of drug-likeness (QED) is 0.628. The number of para-hydroxylation sites is 1. The van der Waals surface area contributed by atoms with Crippen LogP contribution in [0, 0.1) is 6.92 Å². The number of aryl methyl sites for hydroxylation is 1. The Morgan fingerprint density at radius 1 is 1.13 bits per heavy atom. The maximum atomic E-state index is 5.43. The first-order valence-electron chi connectivity index (χ1n) is 7.72. The Bertz CT molecular complexity index is 836. The molecule has 0 saturated carbocycles. The molecule has 5 heteroatoms. The lowest BCUT2D eigenvalue weighted by Crippen LogP contribution is -2.13. The monoisotopic (exact) mass is 327 g/mol. The summed E-state index contributed by atoms with van der Waals surface area (Å²) in [5, 5.41) is 6.33. The van der Waals surface area contributed by atoms with Gasteiger partial charge in [0.05, 0.1) is 15.8 Å². The van der Waals surface area contributed by atoms with E-state index in [9.17, 15) is 0 Å². The molecule has 3 rings (SSSR count). The molecule has 23 heavy (non-hydrogen) atoms. The topological polar surface area (TPSA) is 51.8 Å². The third-order valence-corrected chi connectivity index (χ3v) is 4.66. The van der Waals surface area contributed by atoms with Crippen LogP contribution in [-0.2, 0) is 5.41 Å². The molecule has 0 N–H and O–H groups in total. The molecular weight excluding hydrogens is 306 g/mol. The van der Waals surface area contributed by atoms with Gasteiger partial charge in [0.25, 0.3) is 0 Å². The molecule has 0 fully saturated rings. The molecule has 0 radical (unpaired) electrons. The maximum Gasteiger partial charge on any atom is 0.239 e. The van der Waals surface area contributed by atoms with Crippen LogP contribution in [-0.4, -0.2) is 15.1 Å². The van der Waals surface area contributed by atoms with E-state index in [1.165, 1.54) is 10.9 Å². The fraction of sp³-hybridized carbons (Fsp3) is 0.389. The van der Waals surface area contributed by atoms with Crippen LogP contribution in [0.4, 0.5) is 0 Å². The minimum atomic E-state index is -0.107. The molecule has 1 aromatic carbocycles. The lowest BCUT2D eigenvalue weighted by Gasteiger charge is -2.11. The fourth-order valence-electron chi connectivity index (χ4n) is 2.32. The molecule has 0 spiro atoms. The number of benzene rings is 1. The van der Waals surface area contributed by atoms with E-state index in [0.717, 1.165) is 16.4 Å². The van der Waals surface area contributed by atoms with Gasteiger partial charge in [0, 0.05) is 10.8 Å². The summed E-state index contributed by atoms with van der Waals surface area (Å²) in [6.45, 7) is 10.4. The van der Waals surface area contributed by atoms with E-state index in [1.807, 2.05) is 18.2 Å². The highest BCUT2D eigenvalue weighted by molar-refractivity contribution is 7.99. The minimum absolute atomic E-state index is 0.0617. The van der Waals surface area contributed by atoms with Crippen molar-refractivity contribution in [3.05, 3.63) is 47.6 Å². The van der Waals surface area contributed by atoms with E-state index in [2.05, 4.69) is 56.9 Å². The van der Waals surface area contributed by atoms with Crippen LogP contribution >= 0.6 is 11.8 Å². The molecule has 0 bridgehead atoms. The zero-order valence-corrected chi connectivity index (χ0v) is 14.9. The molecule has 0 aliphatic rings. The maximum absolute atomic E-state index is 5.43. The summed E-state index contributed by atoms with van der Waals surface area (Å²) in [5.41, 5.74) is 2.14. The predicted octanol–water partition coefficient (Wildman–Crippen LogP) is 5.08. The van der Waals surface area contributed by atoms with E-state index in [1.54, 1.807) is 11.8 Å². The third kappa shape index (κ3) is 3.39. The van der Waals surface area contributed by atoms with Crippen molar-refractivity contribution in [1.29, 1.82) is 0 Å². The van der Waals surface area contributed by atoms with E-state index >= 15 is 0 Å². The summed E-state index contributed by atoms with van der Waals surface area (Å²) >= 11 is 1.64. The van der Waals surface area contributed by atoms with Crippen LogP contribution in [0.3, 0.4) is 0 Å². The van der Waals surface area contributed by atoms with Crippen molar-refractivity contribution in [3.63, 3.8) is 0 Å². The van der Waals surface area contributed by atoms with Gasteiger partial charge in [0.1, 0.15) is 0 Å². The van der Waals surface area contributed by atoms with Crippen molar-refractivity contribution in [2.45, 2.75) is 50.3 Å². The van der Waals surface area contributed by atoms with Crippen LogP contribution in [0.1, 0.15) is 50.2 Å². The van der Waals surface area contributed by atoms with Gasteiger partial charge in [-0.2, -0.15) is 4.98 Å². The Balaban J connectivity index is 1.85. The molecule has 1 unspecified atom stereocenters. The van der Waals surface area contributed by atoms with Gasteiger partial charge < -0.3 is 4.52 Å². The number of aromatic nitrogens is 3. The summed E-state index contributed by atoms with van der Waals surface area (Å²) in [6.07, 6.45) is 0. The normalized spacial score (nSPS) is 13.4. The van der Waals surface area contributed by atoms with Gasteiger partial charge in [-0.3, -0.25) is 0 Å². The SMILES string of the molecule is Cc1cc(SC(C)c2nc(C(C)(C)C)no2)nc2ccccc12. The number of pyridine rings is 1. The first-order valence-corrected chi connectivity index (χ1v) is 8.59. The number of hydrogen-bond donors (Lipinski definition) is 0. The van der Waals surface area contributed by atoms with E-state index < -0.39 is 0 Å². The Kier molecular flexibility index (Phi) is 4.15. The second kappa shape index (κ2) is 5.96. The first kappa shape index (κ1) is 16.0. The molecule has 2 aromatic heterocycles. The predicted molar refractivity (Wildman–Crippen MR) is 93.8 cm³/mol. The van der Waals surface area contributed by atoms with Crippen molar-refractivity contribution in [2.75, 3.05) is 0 Å². The number of fused-ring (bicyclic) bond motifs is 1.